The van der Waals surface area contributed by atoms with Crippen molar-refractivity contribution in [2.24, 2.45) is 5.92 Å². The summed E-state index contributed by atoms with van der Waals surface area (Å²) in [7, 11) is 0. The highest BCUT2D eigenvalue weighted by Gasteiger charge is 2.25. The van der Waals surface area contributed by atoms with Crippen LogP contribution in [-0.2, 0) is 0 Å². The summed E-state index contributed by atoms with van der Waals surface area (Å²) in [5.41, 5.74) is 0. The molecule has 1 heterocycles. The van der Waals surface area contributed by atoms with E-state index in [-0.39, 0.29) is 6.04 Å². The van der Waals surface area contributed by atoms with Gasteiger partial charge >= 0.3 is 6.09 Å². The number of carbonyl (C=O) groups is 1. The minimum absolute atomic E-state index is 0.187. The van der Waals surface area contributed by atoms with Gasteiger partial charge in [0.15, 0.2) is 0 Å². The lowest BCUT2D eigenvalue weighted by atomic mass is 10.0. The molecule has 4 heteroatoms. The predicted octanol–water partition coefficient (Wildman–Crippen LogP) is 1.39. The first-order valence-electron chi connectivity index (χ1n) is 5.24. The number of hydrogen-bond donors (Lipinski definition) is 1. The number of amides is 1. The summed E-state index contributed by atoms with van der Waals surface area (Å²) in [6, 6.07) is 0.187. The Morgan fingerprint density at radius 1 is 1.50 bits per heavy atom. The number of nitrogens with zero attached hydrogens (tertiary/aromatic N) is 2. The molecule has 0 aromatic rings. The molecule has 0 aromatic carbocycles. The molecule has 1 amide bonds. The van der Waals surface area contributed by atoms with Crippen LogP contribution < -0.4 is 5.32 Å². The molecule has 0 bridgehead atoms. The lowest BCUT2D eigenvalue weighted by molar-refractivity contribution is 0.106. The summed E-state index contributed by atoms with van der Waals surface area (Å²) in [6.45, 7) is 6.35. The molecule has 1 fully saturated rings. The second-order valence-electron chi connectivity index (χ2n) is 4.23. The number of rotatable bonds is 3. The van der Waals surface area contributed by atoms with E-state index >= 15 is 0 Å². The topological polar surface area (TPSA) is 54.6 Å². The fourth-order valence-electron chi connectivity index (χ4n) is 1.83. The number of hydrogen-bond acceptors (Lipinski definition) is 1. The van der Waals surface area contributed by atoms with Gasteiger partial charge in [0.25, 0.3) is 0 Å². The highest BCUT2D eigenvalue weighted by Crippen LogP contribution is 2.14. The third kappa shape index (κ3) is 3.18. The minimum atomic E-state index is -0.786. The maximum absolute atomic E-state index is 11.0. The van der Waals surface area contributed by atoms with E-state index in [9.17, 15) is 4.79 Å². The van der Waals surface area contributed by atoms with Crippen LogP contribution in [0.25, 0.3) is 0 Å². The Morgan fingerprint density at radius 2 is 2.07 bits per heavy atom. The molecule has 1 rings (SSSR count). The average Bonchev–Trinajstić information content (AvgIpc) is 2.15. The van der Waals surface area contributed by atoms with E-state index in [1.54, 1.807) is 4.90 Å². The van der Waals surface area contributed by atoms with Crippen molar-refractivity contribution in [1.82, 2.24) is 10.2 Å². The van der Waals surface area contributed by atoms with Gasteiger partial charge in [-0.25, -0.2) is 10.1 Å². The Balaban J connectivity index is 2.51. The summed E-state index contributed by atoms with van der Waals surface area (Å²) in [5, 5.41) is 13.3. The molecule has 0 aliphatic carbocycles. The van der Waals surface area contributed by atoms with Crippen molar-refractivity contribution >= 4 is 6.09 Å². The highest BCUT2D eigenvalue weighted by molar-refractivity contribution is 5.65. The first-order chi connectivity index (χ1) is 6.61. The Kier molecular flexibility index (Phi) is 4.20. The van der Waals surface area contributed by atoms with Gasteiger partial charge in [0.05, 0.1) is 0 Å². The van der Waals surface area contributed by atoms with Crippen molar-refractivity contribution in [3.8, 4) is 0 Å². The smallest absolute Gasteiger partial charge is 0.407 e. The van der Waals surface area contributed by atoms with Crippen molar-refractivity contribution < 1.29 is 9.90 Å². The monoisotopic (exact) mass is 199 g/mol. The van der Waals surface area contributed by atoms with Gasteiger partial charge in [0.1, 0.15) is 0 Å². The van der Waals surface area contributed by atoms with Crippen LogP contribution in [0.4, 0.5) is 4.79 Å². The summed E-state index contributed by atoms with van der Waals surface area (Å²) in [5.74, 6) is 0.393. The first-order valence-corrected chi connectivity index (χ1v) is 5.24. The van der Waals surface area contributed by atoms with Crippen LogP contribution in [0.5, 0.6) is 0 Å². The van der Waals surface area contributed by atoms with E-state index in [4.69, 9.17) is 5.11 Å². The van der Waals surface area contributed by atoms with Gasteiger partial charge in [-0.05, 0) is 18.8 Å². The number of carboxylic acid groups (broad SMARTS) is 1. The van der Waals surface area contributed by atoms with E-state index in [1.807, 2.05) is 13.8 Å². The summed E-state index contributed by atoms with van der Waals surface area (Å²) in [4.78, 5) is 12.6. The fraction of sp³-hybridized carbons (Fsp3) is 0.900. The summed E-state index contributed by atoms with van der Waals surface area (Å²) < 4.78 is 0. The molecule has 0 spiro atoms. The van der Waals surface area contributed by atoms with Gasteiger partial charge in [0, 0.05) is 25.7 Å². The van der Waals surface area contributed by atoms with E-state index in [1.165, 1.54) is 0 Å². The second-order valence-corrected chi connectivity index (χ2v) is 4.23. The standard InChI is InChI=1S/C10H19N2O2/c1-8(2)7-12(10(13)14)9-3-5-11-6-4-9/h8-9H,3-7H2,1-2H3,(H,13,14). The Bertz CT molecular complexity index is 189. The van der Waals surface area contributed by atoms with Crippen LogP contribution >= 0.6 is 0 Å². The van der Waals surface area contributed by atoms with Gasteiger partial charge in [0.2, 0.25) is 0 Å². The van der Waals surface area contributed by atoms with Gasteiger partial charge in [-0.1, -0.05) is 13.8 Å². The third-order valence-electron chi connectivity index (χ3n) is 2.49. The molecular weight excluding hydrogens is 180 g/mol. The van der Waals surface area contributed by atoms with Crippen LogP contribution in [0, 0.1) is 5.92 Å². The lowest BCUT2D eigenvalue weighted by Gasteiger charge is -2.33. The van der Waals surface area contributed by atoms with Crippen LogP contribution in [0.1, 0.15) is 26.7 Å². The van der Waals surface area contributed by atoms with Crippen molar-refractivity contribution in [2.75, 3.05) is 19.6 Å². The molecule has 1 N–H and O–H groups in total. The molecule has 0 atom stereocenters. The van der Waals surface area contributed by atoms with Crippen LogP contribution in [0.2, 0.25) is 0 Å². The average molecular weight is 199 g/mol. The Morgan fingerprint density at radius 3 is 2.50 bits per heavy atom. The molecule has 1 radical (unpaired) electrons. The van der Waals surface area contributed by atoms with Crippen LogP contribution in [0.3, 0.4) is 0 Å². The zero-order valence-electron chi connectivity index (χ0n) is 8.94. The molecule has 0 aromatic heterocycles. The van der Waals surface area contributed by atoms with Crippen LogP contribution in [0.15, 0.2) is 0 Å². The molecule has 0 saturated carbocycles. The van der Waals surface area contributed by atoms with Crippen molar-refractivity contribution in [3.63, 3.8) is 0 Å². The molecule has 14 heavy (non-hydrogen) atoms. The zero-order chi connectivity index (χ0) is 10.6. The van der Waals surface area contributed by atoms with Crippen molar-refractivity contribution in [1.29, 1.82) is 0 Å². The number of piperidine rings is 1. The molecule has 81 valence electrons. The lowest BCUT2D eigenvalue weighted by Crippen LogP contribution is -2.45. The predicted molar refractivity (Wildman–Crippen MR) is 54.5 cm³/mol. The normalized spacial score (nSPS) is 18.5. The first kappa shape index (κ1) is 11.3. The second kappa shape index (κ2) is 5.20. The van der Waals surface area contributed by atoms with Gasteiger partial charge < -0.3 is 10.0 Å². The maximum Gasteiger partial charge on any atom is 0.407 e. The molecule has 1 saturated heterocycles. The quantitative estimate of drug-likeness (QED) is 0.746. The third-order valence-corrected chi connectivity index (χ3v) is 2.49. The zero-order valence-corrected chi connectivity index (χ0v) is 8.94. The van der Waals surface area contributed by atoms with E-state index in [0.717, 1.165) is 25.9 Å². The van der Waals surface area contributed by atoms with Crippen molar-refractivity contribution in [2.45, 2.75) is 32.7 Å². The summed E-state index contributed by atoms with van der Waals surface area (Å²) >= 11 is 0. The fourth-order valence-corrected chi connectivity index (χ4v) is 1.83. The van der Waals surface area contributed by atoms with Gasteiger partial charge in [-0.2, -0.15) is 0 Å². The molecular formula is C10H19N2O2. The van der Waals surface area contributed by atoms with Crippen molar-refractivity contribution in [3.05, 3.63) is 0 Å². The molecule has 1 aliphatic heterocycles. The molecule has 0 unspecified atom stereocenters. The molecule has 1 aliphatic rings. The molecule has 4 nitrogen and oxygen atoms in total. The van der Waals surface area contributed by atoms with E-state index in [2.05, 4.69) is 5.32 Å². The van der Waals surface area contributed by atoms with Gasteiger partial charge in [-0.3, -0.25) is 0 Å². The SMILES string of the molecule is CC(C)CN(C(=O)O)C1CC[N]CC1. The van der Waals surface area contributed by atoms with E-state index < -0.39 is 6.09 Å². The Labute approximate surface area is 85.3 Å². The summed E-state index contributed by atoms with van der Waals surface area (Å²) in [6.07, 6.45) is 0.989. The van der Waals surface area contributed by atoms with Crippen LogP contribution in [-0.4, -0.2) is 41.8 Å². The van der Waals surface area contributed by atoms with E-state index in [0.29, 0.717) is 12.5 Å². The maximum atomic E-state index is 11.0. The minimum Gasteiger partial charge on any atom is -0.465 e. The Hall–Kier alpha value is -0.770. The largest absolute Gasteiger partial charge is 0.465 e. The van der Waals surface area contributed by atoms with Gasteiger partial charge in [-0.15, -0.1) is 0 Å². The highest BCUT2D eigenvalue weighted by atomic mass is 16.4.